The van der Waals surface area contributed by atoms with Gasteiger partial charge in [-0.1, -0.05) is 11.6 Å². The molecule has 1 saturated heterocycles. The van der Waals surface area contributed by atoms with Gasteiger partial charge in [0.2, 0.25) is 5.91 Å². The molecule has 1 aromatic carbocycles. The first-order valence-electron chi connectivity index (χ1n) is 8.69. The van der Waals surface area contributed by atoms with E-state index in [0.717, 1.165) is 24.6 Å². The van der Waals surface area contributed by atoms with Crippen LogP contribution in [0.2, 0.25) is 5.02 Å². The monoisotopic (exact) mass is 388 g/mol. The molecule has 4 rings (SSSR count). The van der Waals surface area contributed by atoms with Crippen molar-refractivity contribution >= 4 is 34.8 Å². The molecule has 2 aromatic heterocycles. The lowest BCUT2D eigenvalue weighted by atomic mass is 9.95. The number of nitrogens with zero attached hydrogens (tertiary/aromatic N) is 5. The van der Waals surface area contributed by atoms with Gasteiger partial charge < -0.3 is 10.2 Å². The lowest BCUT2D eigenvalue weighted by Crippen LogP contribution is -2.39. The van der Waals surface area contributed by atoms with Crippen molar-refractivity contribution in [3.8, 4) is 0 Å². The summed E-state index contributed by atoms with van der Waals surface area (Å²) in [5.41, 5.74) is 1.38. The number of amides is 1. The molecular formula is C18H18ClFN6O. The molecule has 3 heterocycles. The third kappa shape index (κ3) is 3.57. The molecule has 0 atom stereocenters. The number of piperidine rings is 1. The maximum absolute atomic E-state index is 13.2. The van der Waals surface area contributed by atoms with Crippen molar-refractivity contribution in [2.75, 3.05) is 23.3 Å². The average molecular weight is 389 g/mol. The third-order valence-electron chi connectivity index (χ3n) is 4.74. The molecule has 1 N–H and O–H groups in total. The van der Waals surface area contributed by atoms with Crippen molar-refractivity contribution in [3.05, 3.63) is 47.1 Å². The number of nitrogens with one attached hydrogen (secondary N) is 1. The second-order valence-electron chi connectivity index (χ2n) is 6.61. The summed E-state index contributed by atoms with van der Waals surface area (Å²) >= 11 is 5.77. The van der Waals surface area contributed by atoms with Gasteiger partial charge in [0.1, 0.15) is 18.0 Å². The van der Waals surface area contributed by atoms with E-state index >= 15 is 0 Å². The first-order chi connectivity index (χ1) is 13.0. The Labute approximate surface area is 160 Å². The van der Waals surface area contributed by atoms with E-state index in [4.69, 9.17) is 11.6 Å². The third-order valence-corrected chi connectivity index (χ3v) is 5.03. The highest BCUT2D eigenvalue weighted by molar-refractivity contribution is 6.31. The highest BCUT2D eigenvalue weighted by atomic mass is 35.5. The fourth-order valence-electron chi connectivity index (χ4n) is 3.33. The van der Waals surface area contributed by atoms with Gasteiger partial charge in [0, 0.05) is 36.5 Å². The van der Waals surface area contributed by atoms with Crippen molar-refractivity contribution in [2.45, 2.75) is 19.8 Å². The number of hydrogen-bond donors (Lipinski definition) is 1. The van der Waals surface area contributed by atoms with Crippen LogP contribution in [-0.2, 0) is 4.79 Å². The number of aromatic nitrogens is 4. The van der Waals surface area contributed by atoms with Gasteiger partial charge in [-0.25, -0.2) is 9.37 Å². The second kappa shape index (κ2) is 7.11. The normalized spacial score (nSPS) is 15.3. The molecule has 3 aromatic rings. The van der Waals surface area contributed by atoms with Crippen LogP contribution in [0, 0.1) is 18.7 Å². The van der Waals surface area contributed by atoms with Crippen molar-refractivity contribution < 1.29 is 9.18 Å². The number of halogens is 2. The molecule has 0 bridgehead atoms. The summed E-state index contributed by atoms with van der Waals surface area (Å²) in [6, 6.07) is 6.15. The van der Waals surface area contributed by atoms with E-state index in [1.165, 1.54) is 24.5 Å². The van der Waals surface area contributed by atoms with Gasteiger partial charge in [0.15, 0.2) is 0 Å². The minimum Gasteiger partial charge on any atom is -0.356 e. The standard InChI is InChI=1S/C18H18ClFN6O/c1-11-8-16(26-18(23-11)21-10-22-26)25-6-4-12(5-7-25)17(27)24-13-2-3-15(20)14(19)9-13/h2-3,8-10,12H,4-7H2,1H3,(H,24,27). The minimum absolute atomic E-state index is 0.00692. The van der Waals surface area contributed by atoms with Crippen molar-refractivity contribution in [3.63, 3.8) is 0 Å². The number of hydrogen-bond acceptors (Lipinski definition) is 5. The Bertz CT molecular complexity index is 999. The van der Waals surface area contributed by atoms with Gasteiger partial charge in [0.05, 0.1) is 5.02 Å². The Morgan fingerprint density at radius 2 is 2.07 bits per heavy atom. The number of benzene rings is 1. The first kappa shape index (κ1) is 17.7. The van der Waals surface area contributed by atoms with Crippen LogP contribution in [0.5, 0.6) is 0 Å². The van der Waals surface area contributed by atoms with Crippen LogP contribution in [0.25, 0.3) is 5.78 Å². The second-order valence-corrected chi connectivity index (χ2v) is 7.01. The van der Waals surface area contributed by atoms with Crippen molar-refractivity contribution in [1.29, 1.82) is 0 Å². The first-order valence-corrected chi connectivity index (χ1v) is 9.07. The van der Waals surface area contributed by atoms with E-state index in [1.807, 2.05) is 13.0 Å². The van der Waals surface area contributed by atoms with Gasteiger partial charge in [0.25, 0.3) is 5.78 Å². The molecule has 0 unspecified atom stereocenters. The summed E-state index contributed by atoms with van der Waals surface area (Å²) in [6.45, 7) is 3.37. The average Bonchev–Trinajstić information content (AvgIpc) is 3.12. The quantitative estimate of drug-likeness (QED) is 0.746. The predicted molar refractivity (Wildman–Crippen MR) is 100 cm³/mol. The molecule has 1 aliphatic rings. The molecule has 0 spiro atoms. The highest BCUT2D eigenvalue weighted by Crippen LogP contribution is 2.26. The Morgan fingerprint density at radius 3 is 2.81 bits per heavy atom. The zero-order chi connectivity index (χ0) is 19.0. The van der Waals surface area contributed by atoms with Gasteiger partial charge in [-0.2, -0.15) is 14.6 Å². The Kier molecular flexibility index (Phi) is 4.65. The van der Waals surface area contributed by atoms with Crippen LogP contribution in [0.1, 0.15) is 18.5 Å². The largest absolute Gasteiger partial charge is 0.356 e. The highest BCUT2D eigenvalue weighted by Gasteiger charge is 2.26. The topological polar surface area (TPSA) is 75.4 Å². The number of rotatable bonds is 3. The SMILES string of the molecule is Cc1cc(N2CCC(C(=O)Nc3ccc(F)c(Cl)c3)CC2)n2ncnc2n1. The van der Waals surface area contributed by atoms with Crippen LogP contribution >= 0.6 is 11.6 Å². The molecule has 1 aliphatic heterocycles. The molecule has 140 valence electrons. The summed E-state index contributed by atoms with van der Waals surface area (Å²) in [5.74, 6) is 0.806. The van der Waals surface area contributed by atoms with Crippen LogP contribution in [-0.4, -0.2) is 38.6 Å². The molecule has 7 nitrogen and oxygen atoms in total. The summed E-state index contributed by atoms with van der Waals surface area (Å²) in [7, 11) is 0. The zero-order valence-electron chi connectivity index (χ0n) is 14.7. The molecule has 0 radical (unpaired) electrons. The Balaban J connectivity index is 1.43. The van der Waals surface area contributed by atoms with Gasteiger partial charge in [-0.15, -0.1) is 0 Å². The fourth-order valence-corrected chi connectivity index (χ4v) is 3.51. The lowest BCUT2D eigenvalue weighted by molar-refractivity contribution is -0.120. The molecule has 9 heteroatoms. The van der Waals surface area contributed by atoms with E-state index in [-0.39, 0.29) is 16.8 Å². The Hall–Kier alpha value is -2.74. The number of carbonyl (C=O) groups excluding carboxylic acids is 1. The Morgan fingerprint density at radius 1 is 1.30 bits per heavy atom. The number of anilines is 2. The number of fused-ring (bicyclic) bond motifs is 1. The molecular weight excluding hydrogens is 371 g/mol. The van der Waals surface area contributed by atoms with Crippen LogP contribution in [0.4, 0.5) is 15.9 Å². The summed E-state index contributed by atoms with van der Waals surface area (Å²) < 4.78 is 15.0. The number of carbonyl (C=O) groups is 1. The lowest BCUT2D eigenvalue weighted by Gasteiger charge is -2.32. The molecule has 0 saturated carbocycles. The minimum atomic E-state index is -0.505. The van der Waals surface area contributed by atoms with E-state index in [9.17, 15) is 9.18 Å². The zero-order valence-corrected chi connectivity index (χ0v) is 15.4. The van der Waals surface area contributed by atoms with E-state index in [1.54, 1.807) is 4.52 Å². The molecule has 1 fully saturated rings. The van der Waals surface area contributed by atoms with Crippen molar-refractivity contribution in [2.24, 2.45) is 5.92 Å². The molecule has 1 amide bonds. The molecule has 27 heavy (non-hydrogen) atoms. The van der Waals surface area contributed by atoms with E-state index < -0.39 is 5.82 Å². The van der Waals surface area contributed by atoms with E-state index in [0.29, 0.717) is 24.3 Å². The van der Waals surface area contributed by atoms with Crippen LogP contribution < -0.4 is 10.2 Å². The van der Waals surface area contributed by atoms with E-state index in [2.05, 4.69) is 25.3 Å². The summed E-state index contributed by atoms with van der Waals surface area (Å²) in [4.78, 5) is 23.2. The van der Waals surface area contributed by atoms with Gasteiger partial charge in [-0.05, 0) is 38.0 Å². The van der Waals surface area contributed by atoms with Gasteiger partial charge in [-0.3, -0.25) is 4.79 Å². The van der Waals surface area contributed by atoms with Crippen LogP contribution in [0.3, 0.4) is 0 Å². The molecule has 0 aliphatic carbocycles. The van der Waals surface area contributed by atoms with Crippen molar-refractivity contribution in [1.82, 2.24) is 19.6 Å². The maximum atomic E-state index is 13.2. The summed E-state index contributed by atoms with van der Waals surface area (Å²) in [5, 5.41) is 7.06. The summed E-state index contributed by atoms with van der Waals surface area (Å²) in [6.07, 6.45) is 2.90. The van der Waals surface area contributed by atoms with Crippen LogP contribution in [0.15, 0.2) is 30.6 Å². The van der Waals surface area contributed by atoms with Gasteiger partial charge >= 0.3 is 0 Å². The maximum Gasteiger partial charge on any atom is 0.254 e. The predicted octanol–water partition coefficient (Wildman–Crippen LogP) is 3.08. The smallest absolute Gasteiger partial charge is 0.254 e. The fraction of sp³-hybridized carbons (Fsp3) is 0.333. The number of aryl methyl sites for hydroxylation is 1.